The molecular weight excluding hydrogens is 236 g/mol. The summed E-state index contributed by atoms with van der Waals surface area (Å²) in [6.07, 6.45) is 4.08. The van der Waals surface area contributed by atoms with Crippen molar-refractivity contribution in [3.63, 3.8) is 0 Å². The Morgan fingerprint density at radius 3 is 2.74 bits per heavy atom. The molecule has 0 amide bonds. The summed E-state index contributed by atoms with van der Waals surface area (Å²) in [6, 6.07) is 10.4. The fourth-order valence-electron chi connectivity index (χ4n) is 2.43. The maximum Gasteiger partial charge on any atom is 0.110 e. The third kappa shape index (κ3) is 2.26. The van der Waals surface area contributed by atoms with Gasteiger partial charge in [-0.05, 0) is 24.6 Å². The third-order valence-corrected chi connectivity index (χ3v) is 3.30. The van der Waals surface area contributed by atoms with Gasteiger partial charge >= 0.3 is 0 Å². The van der Waals surface area contributed by atoms with Crippen LogP contribution in [0.5, 0.6) is 0 Å². The Morgan fingerprint density at radius 2 is 2.00 bits per heavy atom. The van der Waals surface area contributed by atoms with Crippen LogP contribution < -0.4 is 0 Å². The zero-order chi connectivity index (χ0) is 13.2. The maximum atomic E-state index is 4.73. The molecule has 0 saturated heterocycles. The van der Waals surface area contributed by atoms with Crippen LogP contribution in [0.3, 0.4) is 0 Å². The predicted octanol–water partition coefficient (Wildman–Crippen LogP) is 2.77. The average molecular weight is 254 g/mol. The van der Waals surface area contributed by atoms with Crippen LogP contribution in [-0.2, 0) is 20.0 Å². The molecule has 0 atom stereocenters. The summed E-state index contributed by atoms with van der Waals surface area (Å²) in [7, 11) is 1.95. The Hall–Kier alpha value is -2.10. The lowest BCUT2D eigenvalue weighted by molar-refractivity contribution is 0.681. The maximum absolute atomic E-state index is 4.73. The van der Waals surface area contributed by atoms with E-state index >= 15 is 0 Å². The van der Waals surface area contributed by atoms with Crippen molar-refractivity contribution >= 4 is 11.0 Å². The molecule has 0 aliphatic heterocycles. The molecule has 3 aromatic rings. The van der Waals surface area contributed by atoms with Gasteiger partial charge in [0.05, 0.1) is 23.3 Å². The summed E-state index contributed by atoms with van der Waals surface area (Å²) in [6.45, 7) is 2.97. The number of fused-ring (bicyclic) bond motifs is 1. The number of benzene rings is 1. The van der Waals surface area contributed by atoms with E-state index in [1.54, 1.807) is 0 Å². The van der Waals surface area contributed by atoms with Gasteiger partial charge in [0.15, 0.2) is 0 Å². The van der Waals surface area contributed by atoms with Crippen molar-refractivity contribution in [2.45, 2.75) is 26.3 Å². The van der Waals surface area contributed by atoms with E-state index in [4.69, 9.17) is 4.98 Å². The topological polar surface area (TPSA) is 35.6 Å². The second-order valence-electron chi connectivity index (χ2n) is 4.83. The first-order valence-corrected chi connectivity index (χ1v) is 6.70. The van der Waals surface area contributed by atoms with E-state index in [0.29, 0.717) is 0 Å². The van der Waals surface area contributed by atoms with Crippen LogP contribution in [0.25, 0.3) is 11.0 Å². The van der Waals surface area contributed by atoms with Crippen molar-refractivity contribution in [1.29, 1.82) is 0 Å². The molecule has 0 radical (unpaired) electrons. The molecule has 3 rings (SSSR count). The van der Waals surface area contributed by atoms with E-state index < -0.39 is 0 Å². The molecule has 0 fully saturated rings. The summed E-state index contributed by atoms with van der Waals surface area (Å²) in [5.41, 5.74) is 3.33. The van der Waals surface area contributed by atoms with Gasteiger partial charge < -0.3 is 4.57 Å². The number of hydrogen-bond donors (Lipinski definition) is 0. The molecule has 0 bridgehead atoms. The van der Waals surface area contributed by atoms with Gasteiger partial charge in [0.25, 0.3) is 0 Å². The number of aryl methyl sites for hydroxylation is 2. The molecule has 2 aromatic heterocycles. The van der Waals surface area contributed by atoms with E-state index in [1.807, 2.05) is 24.0 Å². The molecule has 1 aromatic carbocycles. The Labute approximate surface area is 112 Å². The van der Waals surface area contributed by atoms with Gasteiger partial charge in [-0.15, -0.1) is 0 Å². The summed E-state index contributed by atoms with van der Waals surface area (Å²) in [5, 5.41) is 4.46. The van der Waals surface area contributed by atoms with E-state index in [2.05, 4.69) is 40.9 Å². The van der Waals surface area contributed by atoms with Crippen molar-refractivity contribution in [2.24, 2.45) is 7.05 Å². The highest BCUT2D eigenvalue weighted by Crippen LogP contribution is 2.18. The fraction of sp³-hybridized carbons (Fsp3) is 0.333. The van der Waals surface area contributed by atoms with Crippen LogP contribution in [0.1, 0.15) is 24.9 Å². The van der Waals surface area contributed by atoms with Crippen LogP contribution in [0.15, 0.2) is 36.5 Å². The molecular formula is C15H18N4. The first-order valence-electron chi connectivity index (χ1n) is 6.70. The quantitative estimate of drug-likeness (QED) is 0.717. The molecule has 4 heteroatoms. The SMILES string of the molecule is CCCc1nc2ccccc2n1Cc1ccn(C)n1. The number of rotatable bonds is 4. The summed E-state index contributed by atoms with van der Waals surface area (Å²) < 4.78 is 4.12. The van der Waals surface area contributed by atoms with Crippen molar-refractivity contribution in [3.8, 4) is 0 Å². The first-order chi connectivity index (χ1) is 9.28. The number of hydrogen-bond acceptors (Lipinski definition) is 2. The third-order valence-electron chi connectivity index (χ3n) is 3.30. The Kier molecular flexibility index (Phi) is 3.07. The molecule has 0 aliphatic rings. The monoisotopic (exact) mass is 254 g/mol. The zero-order valence-corrected chi connectivity index (χ0v) is 11.4. The molecule has 98 valence electrons. The normalized spacial score (nSPS) is 11.3. The molecule has 4 nitrogen and oxygen atoms in total. The first kappa shape index (κ1) is 12.0. The highest BCUT2D eigenvalue weighted by atomic mass is 15.3. The Balaban J connectivity index is 2.06. The summed E-state index contributed by atoms with van der Waals surface area (Å²) >= 11 is 0. The van der Waals surface area contributed by atoms with Crippen molar-refractivity contribution in [1.82, 2.24) is 19.3 Å². The van der Waals surface area contributed by atoms with Gasteiger partial charge in [0.1, 0.15) is 5.82 Å². The standard InChI is InChI=1S/C15H18N4/c1-3-6-15-16-13-7-4-5-8-14(13)19(15)11-12-9-10-18(2)17-12/h4-5,7-10H,3,6,11H2,1-2H3. The van der Waals surface area contributed by atoms with Gasteiger partial charge in [0, 0.05) is 19.7 Å². The minimum Gasteiger partial charge on any atom is -0.322 e. The molecule has 0 N–H and O–H groups in total. The van der Waals surface area contributed by atoms with Gasteiger partial charge in [0.2, 0.25) is 0 Å². The Morgan fingerprint density at radius 1 is 1.16 bits per heavy atom. The zero-order valence-electron chi connectivity index (χ0n) is 11.4. The second kappa shape index (κ2) is 4.88. The van der Waals surface area contributed by atoms with Crippen LogP contribution in [0, 0.1) is 0 Å². The molecule has 0 aliphatic carbocycles. The summed E-state index contributed by atoms with van der Waals surface area (Å²) in [4.78, 5) is 4.73. The van der Waals surface area contributed by atoms with Crippen LogP contribution in [0.2, 0.25) is 0 Å². The number of nitrogens with zero attached hydrogens (tertiary/aromatic N) is 4. The van der Waals surface area contributed by atoms with Crippen molar-refractivity contribution < 1.29 is 0 Å². The van der Waals surface area contributed by atoms with Crippen LogP contribution >= 0.6 is 0 Å². The van der Waals surface area contributed by atoms with Gasteiger partial charge in [-0.1, -0.05) is 19.1 Å². The molecule has 0 spiro atoms. The van der Waals surface area contributed by atoms with Crippen molar-refractivity contribution in [3.05, 3.63) is 48.0 Å². The lowest BCUT2D eigenvalue weighted by Crippen LogP contribution is -2.06. The minimum atomic E-state index is 0.788. The van der Waals surface area contributed by atoms with Crippen LogP contribution in [0.4, 0.5) is 0 Å². The fourth-order valence-corrected chi connectivity index (χ4v) is 2.43. The highest BCUT2D eigenvalue weighted by molar-refractivity contribution is 5.76. The molecule has 19 heavy (non-hydrogen) atoms. The molecule has 2 heterocycles. The highest BCUT2D eigenvalue weighted by Gasteiger charge is 2.10. The predicted molar refractivity (Wildman–Crippen MR) is 76.0 cm³/mol. The van der Waals surface area contributed by atoms with Crippen LogP contribution in [-0.4, -0.2) is 19.3 Å². The van der Waals surface area contributed by atoms with Crippen molar-refractivity contribution in [2.75, 3.05) is 0 Å². The lowest BCUT2D eigenvalue weighted by Gasteiger charge is -2.06. The van der Waals surface area contributed by atoms with E-state index in [9.17, 15) is 0 Å². The average Bonchev–Trinajstić information content (AvgIpc) is 2.96. The van der Waals surface area contributed by atoms with Gasteiger partial charge in [-0.2, -0.15) is 5.10 Å². The minimum absolute atomic E-state index is 0.788. The smallest absolute Gasteiger partial charge is 0.110 e. The summed E-state index contributed by atoms with van der Waals surface area (Å²) in [5.74, 6) is 1.15. The lowest BCUT2D eigenvalue weighted by atomic mass is 10.3. The van der Waals surface area contributed by atoms with Gasteiger partial charge in [-0.25, -0.2) is 4.98 Å². The molecule has 0 unspecified atom stereocenters. The van der Waals surface area contributed by atoms with E-state index in [-0.39, 0.29) is 0 Å². The Bertz CT molecular complexity index is 693. The largest absolute Gasteiger partial charge is 0.322 e. The molecule has 0 saturated carbocycles. The van der Waals surface area contributed by atoms with Gasteiger partial charge in [-0.3, -0.25) is 4.68 Å². The van der Waals surface area contributed by atoms with E-state index in [0.717, 1.165) is 36.4 Å². The second-order valence-corrected chi connectivity index (χ2v) is 4.83. The number of aromatic nitrogens is 4. The number of imidazole rings is 1. The number of para-hydroxylation sites is 2. The van der Waals surface area contributed by atoms with E-state index in [1.165, 1.54) is 5.52 Å².